The number of allylic oxidation sites excluding steroid dienone is 3. The van der Waals surface area contributed by atoms with Crippen LogP contribution >= 0.6 is 0 Å². The first-order chi connectivity index (χ1) is 12.4. The second kappa shape index (κ2) is 7.44. The molecule has 0 aliphatic rings. The zero-order valence-corrected chi connectivity index (χ0v) is 15.0. The highest BCUT2D eigenvalue weighted by Gasteiger charge is 2.13. The van der Waals surface area contributed by atoms with Crippen molar-refractivity contribution in [1.82, 2.24) is 0 Å². The minimum absolute atomic E-state index is 0.0721. The van der Waals surface area contributed by atoms with Crippen molar-refractivity contribution in [3.05, 3.63) is 64.2 Å². The van der Waals surface area contributed by atoms with Crippen LogP contribution in [0.3, 0.4) is 0 Å². The van der Waals surface area contributed by atoms with Gasteiger partial charge in [0.2, 0.25) is 0 Å². The number of carbonyl (C=O) groups excluding carboxylic acids is 1. The number of furan rings is 1. The largest absolute Gasteiger partial charge is 0.488 e. The molecule has 0 atom stereocenters. The molecular formula is C21H20O5. The van der Waals surface area contributed by atoms with Crippen LogP contribution < -0.4 is 10.4 Å². The number of ketones is 1. The molecular weight excluding hydrogens is 332 g/mol. The zero-order chi connectivity index (χ0) is 18.7. The van der Waals surface area contributed by atoms with Gasteiger partial charge in [-0.25, -0.2) is 4.79 Å². The summed E-state index contributed by atoms with van der Waals surface area (Å²) in [5.74, 6) is 0.664. The van der Waals surface area contributed by atoms with Gasteiger partial charge >= 0.3 is 5.63 Å². The first kappa shape index (κ1) is 17.7. The smallest absolute Gasteiger partial charge is 0.336 e. The Morgan fingerprint density at radius 3 is 2.65 bits per heavy atom. The number of hydrogen-bond donors (Lipinski definition) is 0. The van der Waals surface area contributed by atoms with Crippen molar-refractivity contribution in [2.75, 3.05) is 6.61 Å². The standard InChI is InChI=1S/C21H20O5/c1-13(2)10-15(22)11-14(3)6-8-25-21-16-4-5-20(23)26-19(16)12-18-17(21)7-9-24-18/h4-7,9-10,12H,8,11H2,1-3H3/b14-6+. The molecule has 5 heteroatoms. The van der Waals surface area contributed by atoms with Gasteiger partial charge in [0.1, 0.15) is 23.5 Å². The predicted octanol–water partition coefficient (Wildman–Crippen LogP) is 4.79. The molecule has 0 bridgehead atoms. The third kappa shape index (κ3) is 3.94. The highest BCUT2D eigenvalue weighted by Crippen LogP contribution is 2.35. The zero-order valence-electron chi connectivity index (χ0n) is 15.0. The van der Waals surface area contributed by atoms with Crippen molar-refractivity contribution in [3.8, 4) is 5.75 Å². The van der Waals surface area contributed by atoms with Crippen LogP contribution in [-0.2, 0) is 4.79 Å². The molecule has 2 heterocycles. The van der Waals surface area contributed by atoms with E-state index in [1.165, 1.54) is 6.07 Å². The molecule has 26 heavy (non-hydrogen) atoms. The maximum absolute atomic E-state index is 11.8. The van der Waals surface area contributed by atoms with E-state index >= 15 is 0 Å². The first-order valence-electron chi connectivity index (χ1n) is 8.34. The molecule has 3 aromatic rings. The maximum atomic E-state index is 11.8. The molecule has 134 valence electrons. The molecule has 0 amide bonds. The summed E-state index contributed by atoms with van der Waals surface area (Å²) in [6.45, 7) is 5.99. The lowest BCUT2D eigenvalue weighted by atomic mass is 10.1. The summed E-state index contributed by atoms with van der Waals surface area (Å²) in [4.78, 5) is 23.3. The van der Waals surface area contributed by atoms with E-state index in [0.717, 1.165) is 16.5 Å². The van der Waals surface area contributed by atoms with Crippen molar-refractivity contribution < 1.29 is 18.4 Å². The van der Waals surface area contributed by atoms with Gasteiger partial charge in [0, 0.05) is 18.6 Å². The Hall–Kier alpha value is -3.08. The van der Waals surface area contributed by atoms with Crippen LogP contribution in [0, 0.1) is 0 Å². The normalized spacial score (nSPS) is 11.7. The van der Waals surface area contributed by atoms with Gasteiger partial charge in [-0.15, -0.1) is 0 Å². The number of fused-ring (bicyclic) bond motifs is 2. The van der Waals surface area contributed by atoms with Gasteiger partial charge in [0.25, 0.3) is 0 Å². The van der Waals surface area contributed by atoms with Crippen LogP contribution in [-0.4, -0.2) is 12.4 Å². The van der Waals surface area contributed by atoms with E-state index in [2.05, 4.69) is 0 Å². The van der Waals surface area contributed by atoms with Gasteiger partial charge < -0.3 is 13.6 Å². The highest BCUT2D eigenvalue weighted by molar-refractivity contribution is 6.01. The Labute approximate surface area is 150 Å². The van der Waals surface area contributed by atoms with Crippen LogP contribution in [0.15, 0.2) is 67.5 Å². The predicted molar refractivity (Wildman–Crippen MR) is 101 cm³/mol. The molecule has 0 aliphatic heterocycles. The minimum Gasteiger partial charge on any atom is -0.488 e. The third-order valence-corrected chi connectivity index (χ3v) is 3.87. The van der Waals surface area contributed by atoms with E-state index in [4.69, 9.17) is 13.6 Å². The number of carbonyl (C=O) groups is 1. The maximum Gasteiger partial charge on any atom is 0.336 e. The molecule has 0 radical (unpaired) electrons. The van der Waals surface area contributed by atoms with Gasteiger partial charge in [-0.1, -0.05) is 11.1 Å². The lowest BCUT2D eigenvalue weighted by molar-refractivity contribution is -0.114. The summed E-state index contributed by atoms with van der Waals surface area (Å²) >= 11 is 0. The molecule has 0 unspecified atom stereocenters. The Bertz CT molecular complexity index is 1070. The van der Waals surface area contributed by atoms with Crippen LogP contribution in [0.4, 0.5) is 0 Å². The van der Waals surface area contributed by atoms with Crippen LogP contribution in [0.1, 0.15) is 27.2 Å². The second-order valence-corrected chi connectivity index (χ2v) is 6.43. The summed E-state index contributed by atoms with van der Waals surface area (Å²) in [5.41, 5.74) is 2.49. The highest BCUT2D eigenvalue weighted by atomic mass is 16.5. The Balaban J connectivity index is 1.85. The molecule has 2 aromatic heterocycles. The molecule has 3 rings (SSSR count). The molecule has 5 nitrogen and oxygen atoms in total. The van der Waals surface area contributed by atoms with Crippen molar-refractivity contribution in [3.63, 3.8) is 0 Å². The summed E-state index contributed by atoms with van der Waals surface area (Å²) < 4.78 is 16.6. The van der Waals surface area contributed by atoms with Crippen molar-refractivity contribution in [1.29, 1.82) is 0 Å². The fraction of sp³-hybridized carbons (Fsp3) is 0.238. The lowest BCUT2D eigenvalue weighted by Gasteiger charge is -2.09. The fourth-order valence-electron chi connectivity index (χ4n) is 2.75. The van der Waals surface area contributed by atoms with Gasteiger partial charge in [-0.3, -0.25) is 4.79 Å². The van der Waals surface area contributed by atoms with Gasteiger partial charge in [-0.2, -0.15) is 0 Å². The van der Waals surface area contributed by atoms with E-state index in [9.17, 15) is 9.59 Å². The second-order valence-electron chi connectivity index (χ2n) is 6.43. The molecule has 0 saturated heterocycles. The molecule has 0 spiro atoms. The first-order valence-corrected chi connectivity index (χ1v) is 8.34. The quantitative estimate of drug-likeness (QED) is 0.362. The average molecular weight is 352 g/mol. The monoisotopic (exact) mass is 352 g/mol. The molecule has 0 aliphatic carbocycles. The minimum atomic E-state index is -0.428. The van der Waals surface area contributed by atoms with Crippen molar-refractivity contribution >= 4 is 27.7 Å². The van der Waals surface area contributed by atoms with Crippen LogP contribution in [0.25, 0.3) is 21.9 Å². The summed E-state index contributed by atoms with van der Waals surface area (Å²) in [7, 11) is 0. The lowest BCUT2D eigenvalue weighted by Crippen LogP contribution is -2.00. The van der Waals surface area contributed by atoms with Crippen LogP contribution in [0.2, 0.25) is 0 Å². The Kier molecular flexibility index (Phi) is 5.07. The number of rotatable bonds is 6. The van der Waals surface area contributed by atoms with E-state index in [-0.39, 0.29) is 5.78 Å². The summed E-state index contributed by atoms with van der Waals surface area (Å²) in [5, 5.41) is 1.50. The number of ether oxygens (including phenoxy) is 1. The molecule has 0 saturated carbocycles. The van der Waals surface area contributed by atoms with Crippen molar-refractivity contribution in [2.24, 2.45) is 0 Å². The van der Waals surface area contributed by atoms with E-state index in [1.54, 1.807) is 24.5 Å². The van der Waals surface area contributed by atoms with E-state index < -0.39 is 5.63 Å². The third-order valence-electron chi connectivity index (χ3n) is 3.87. The summed E-state index contributed by atoms with van der Waals surface area (Å²) in [6.07, 6.45) is 5.44. The van der Waals surface area contributed by atoms with Gasteiger partial charge in [0.05, 0.1) is 17.0 Å². The fourth-order valence-corrected chi connectivity index (χ4v) is 2.75. The topological polar surface area (TPSA) is 69.7 Å². The Morgan fingerprint density at radius 2 is 1.88 bits per heavy atom. The van der Waals surface area contributed by atoms with E-state index in [1.807, 2.05) is 32.9 Å². The molecule has 0 fully saturated rings. The SMILES string of the molecule is CC(C)=CC(=O)C/C(C)=C/COc1c2ccoc2cc2oc(=O)ccc12. The van der Waals surface area contributed by atoms with Crippen molar-refractivity contribution in [2.45, 2.75) is 27.2 Å². The van der Waals surface area contributed by atoms with Gasteiger partial charge in [-0.05, 0) is 45.1 Å². The summed E-state index contributed by atoms with van der Waals surface area (Å²) in [6, 6.07) is 6.53. The van der Waals surface area contributed by atoms with Crippen LogP contribution in [0.5, 0.6) is 5.75 Å². The molecule has 0 N–H and O–H groups in total. The van der Waals surface area contributed by atoms with E-state index in [0.29, 0.717) is 35.3 Å². The number of hydrogen-bond acceptors (Lipinski definition) is 5. The average Bonchev–Trinajstić information content (AvgIpc) is 3.01. The molecule has 1 aromatic carbocycles. The van der Waals surface area contributed by atoms with Gasteiger partial charge in [0.15, 0.2) is 5.78 Å². The Morgan fingerprint density at radius 1 is 1.12 bits per heavy atom. The number of benzene rings is 1.